The third-order valence-electron chi connectivity index (χ3n) is 2.73. The van der Waals surface area contributed by atoms with Crippen molar-refractivity contribution < 1.29 is 10.2 Å². The maximum atomic E-state index is 9.43. The van der Waals surface area contributed by atoms with Crippen LogP contribution in [0, 0.1) is 12.8 Å². The first-order chi connectivity index (χ1) is 9.02. The molecule has 0 saturated carbocycles. The van der Waals surface area contributed by atoms with Crippen LogP contribution in [0.5, 0.6) is 0 Å². The topological polar surface area (TPSA) is 52.5 Å². The summed E-state index contributed by atoms with van der Waals surface area (Å²) in [7, 11) is 0. The first-order valence-electron chi connectivity index (χ1n) is 6.75. The van der Waals surface area contributed by atoms with Crippen LogP contribution in [0.1, 0.15) is 25.0 Å². The second-order valence-corrected chi connectivity index (χ2v) is 6.35. The number of nitrogens with one attached hydrogen (secondary N) is 1. The van der Waals surface area contributed by atoms with Gasteiger partial charge in [0, 0.05) is 17.2 Å². The van der Waals surface area contributed by atoms with Crippen LogP contribution in [-0.4, -0.2) is 35.2 Å². The molecular formula is C15H25NO2S. The fourth-order valence-electron chi connectivity index (χ4n) is 1.72. The highest BCUT2D eigenvalue weighted by Gasteiger charge is 2.07. The van der Waals surface area contributed by atoms with Gasteiger partial charge in [-0.05, 0) is 31.0 Å². The van der Waals surface area contributed by atoms with E-state index in [1.807, 2.05) is 0 Å². The predicted octanol–water partition coefficient (Wildman–Crippen LogP) is 2.19. The average molecular weight is 283 g/mol. The Morgan fingerprint density at radius 2 is 2.05 bits per heavy atom. The van der Waals surface area contributed by atoms with Gasteiger partial charge in [-0.3, -0.25) is 0 Å². The van der Waals surface area contributed by atoms with Crippen LogP contribution in [0.15, 0.2) is 23.1 Å². The minimum atomic E-state index is -0.650. The van der Waals surface area contributed by atoms with E-state index in [0.717, 1.165) is 13.1 Å². The van der Waals surface area contributed by atoms with Gasteiger partial charge in [0.05, 0.1) is 12.7 Å². The van der Waals surface area contributed by atoms with E-state index < -0.39 is 6.10 Å². The van der Waals surface area contributed by atoms with Crippen molar-refractivity contribution in [3.8, 4) is 0 Å². The highest BCUT2D eigenvalue weighted by molar-refractivity contribution is 7.99. The zero-order valence-electron chi connectivity index (χ0n) is 12.0. The van der Waals surface area contributed by atoms with Crippen LogP contribution in [0.4, 0.5) is 0 Å². The van der Waals surface area contributed by atoms with E-state index in [4.69, 9.17) is 5.11 Å². The standard InChI is InChI=1S/C15H25NO2S/c1-11(2)7-16-8-13-6-12(3)4-5-15(13)19-10-14(18)9-17/h4-6,11,14,16-18H,7-10H2,1-3H3. The van der Waals surface area contributed by atoms with Crippen molar-refractivity contribution in [2.24, 2.45) is 5.92 Å². The molecule has 0 spiro atoms. The second kappa shape index (κ2) is 8.59. The molecule has 0 radical (unpaired) electrons. The number of benzene rings is 1. The fourth-order valence-corrected chi connectivity index (χ4v) is 2.68. The van der Waals surface area contributed by atoms with Crippen LogP contribution in [0.25, 0.3) is 0 Å². The average Bonchev–Trinajstić information content (AvgIpc) is 2.37. The summed E-state index contributed by atoms with van der Waals surface area (Å²) in [6.07, 6.45) is -0.650. The summed E-state index contributed by atoms with van der Waals surface area (Å²) < 4.78 is 0. The molecule has 3 N–H and O–H groups in total. The van der Waals surface area contributed by atoms with Crippen LogP contribution in [-0.2, 0) is 6.54 Å². The molecule has 0 fully saturated rings. The lowest BCUT2D eigenvalue weighted by Crippen LogP contribution is -2.19. The van der Waals surface area contributed by atoms with Crippen LogP contribution in [0.2, 0.25) is 0 Å². The Labute approximate surface area is 120 Å². The molecule has 0 heterocycles. The Kier molecular flexibility index (Phi) is 7.46. The molecule has 108 valence electrons. The highest BCUT2D eigenvalue weighted by Crippen LogP contribution is 2.24. The summed E-state index contributed by atoms with van der Waals surface area (Å²) in [4.78, 5) is 1.18. The van der Waals surface area contributed by atoms with Gasteiger partial charge >= 0.3 is 0 Å². The van der Waals surface area contributed by atoms with E-state index >= 15 is 0 Å². The summed E-state index contributed by atoms with van der Waals surface area (Å²) in [6.45, 7) is 8.13. The van der Waals surface area contributed by atoms with Gasteiger partial charge in [-0.2, -0.15) is 0 Å². The molecular weight excluding hydrogens is 258 g/mol. The van der Waals surface area contributed by atoms with E-state index in [1.54, 1.807) is 11.8 Å². The van der Waals surface area contributed by atoms with Crippen LogP contribution >= 0.6 is 11.8 Å². The Hall–Kier alpha value is -0.550. The summed E-state index contributed by atoms with van der Waals surface area (Å²) in [5.74, 6) is 1.16. The minimum Gasteiger partial charge on any atom is -0.394 e. The Morgan fingerprint density at radius 1 is 1.32 bits per heavy atom. The molecule has 0 aliphatic rings. The van der Waals surface area contributed by atoms with Crippen LogP contribution < -0.4 is 5.32 Å². The normalized spacial score (nSPS) is 12.9. The largest absolute Gasteiger partial charge is 0.394 e. The monoisotopic (exact) mass is 283 g/mol. The lowest BCUT2D eigenvalue weighted by atomic mass is 10.1. The molecule has 0 aromatic heterocycles. The number of thioether (sulfide) groups is 1. The minimum absolute atomic E-state index is 0.181. The van der Waals surface area contributed by atoms with Gasteiger partial charge in [0.15, 0.2) is 0 Å². The zero-order valence-corrected chi connectivity index (χ0v) is 12.8. The molecule has 0 amide bonds. The first-order valence-corrected chi connectivity index (χ1v) is 7.73. The van der Waals surface area contributed by atoms with Gasteiger partial charge in [-0.15, -0.1) is 11.8 Å². The van der Waals surface area contributed by atoms with Crippen LogP contribution in [0.3, 0.4) is 0 Å². The maximum absolute atomic E-state index is 9.43. The van der Waals surface area contributed by atoms with E-state index in [2.05, 4.69) is 44.3 Å². The number of hydrogen-bond acceptors (Lipinski definition) is 4. The van der Waals surface area contributed by atoms with E-state index in [0.29, 0.717) is 11.7 Å². The molecule has 0 saturated heterocycles. The lowest BCUT2D eigenvalue weighted by molar-refractivity contribution is 0.113. The van der Waals surface area contributed by atoms with Crippen molar-refractivity contribution >= 4 is 11.8 Å². The molecule has 19 heavy (non-hydrogen) atoms. The SMILES string of the molecule is Cc1ccc(SCC(O)CO)c(CNCC(C)C)c1. The van der Waals surface area contributed by atoms with Gasteiger partial charge in [0.2, 0.25) is 0 Å². The third kappa shape index (κ3) is 6.43. The molecule has 4 heteroatoms. The van der Waals surface area contributed by atoms with E-state index in [-0.39, 0.29) is 6.61 Å². The van der Waals surface area contributed by atoms with Gasteiger partial charge < -0.3 is 15.5 Å². The summed E-state index contributed by atoms with van der Waals surface area (Å²) in [5.41, 5.74) is 2.50. The van der Waals surface area contributed by atoms with E-state index in [9.17, 15) is 5.11 Å². The zero-order chi connectivity index (χ0) is 14.3. The molecule has 1 atom stereocenters. The van der Waals surface area contributed by atoms with Crippen molar-refractivity contribution in [2.75, 3.05) is 18.9 Å². The highest BCUT2D eigenvalue weighted by atomic mass is 32.2. The van der Waals surface area contributed by atoms with Gasteiger partial charge in [0.25, 0.3) is 0 Å². The smallest absolute Gasteiger partial charge is 0.0864 e. The van der Waals surface area contributed by atoms with E-state index in [1.165, 1.54) is 16.0 Å². The third-order valence-corrected chi connectivity index (χ3v) is 3.99. The molecule has 1 unspecified atom stereocenters. The second-order valence-electron chi connectivity index (χ2n) is 5.28. The quantitative estimate of drug-likeness (QED) is 0.640. The lowest BCUT2D eigenvalue weighted by Gasteiger charge is -2.14. The maximum Gasteiger partial charge on any atom is 0.0864 e. The summed E-state index contributed by atoms with van der Waals surface area (Å²) in [6, 6.07) is 6.36. The molecule has 1 aromatic carbocycles. The number of aryl methyl sites for hydroxylation is 1. The van der Waals surface area contributed by atoms with Crippen molar-refractivity contribution in [3.63, 3.8) is 0 Å². The van der Waals surface area contributed by atoms with Crippen molar-refractivity contribution in [1.29, 1.82) is 0 Å². The summed E-state index contributed by atoms with van der Waals surface area (Å²) in [5, 5.41) is 21.7. The number of aliphatic hydroxyl groups is 2. The van der Waals surface area contributed by atoms with Crippen molar-refractivity contribution in [3.05, 3.63) is 29.3 Å². The number of aliphatic hydroxyl groups excluding tert-OH is 2. The number of rotatable bonds is 8. The van der Waals surface area contributed by atoms with Gasteiger partial charge in [-0.1, -0.05) is 31.5 Å². The molecule has 3 nitrogen and oxygen atoms in total. The molecule has 0 aliphatic carbocycles. The molecule has 1 rings (SSSR count). The van der Waals surface area contributed by atoms with Gasteiger partial charge in [0.1, 0.15) is 0 Å². The molecule has 1 aromatic rings. The fraction of sp³-hybridized carbons (Fsp3) is 0.600. The summed E-state index contributed by atoms with van der Waals surface area (Å²) >= 11 is 1.60. The first kappa shape index (κ1) is 16.5. The van der Waals surface area contributed by atoms with Crippen molar-refractivity contribution in [2.45, 2.75) is 38.3 Å². The number of hydrogen-bond donors (Lipinski definition) is 3. The predicted molar refractivity (Wildman–Crippen MR) is 81.5 cm³/mol. The Balaban J connectivity index is 2.63. The molecule has 0 aliphatic heterocycles. The van der Waals surface area contributed by atoms with Crippen molar-refractivity contribution in [1.82, 2.24) is 5.32 Å². The van der Waals surface area contributed by atoms with Gasteiger partial charge in [-0.25, -0.2) is 0 Å². The Bertz CT molecular complexity index is 382. The molecule has 0 bridgehead atoms. The Morgan fingerprint density at radius 3 is 2.68 bits per heavy atom.